The molecule has 0 radical (unpaired) electrons. The minimum absolute atomic E-state index is 0.111. The highest BCUT2D eigenvalue weighted by Crippen LogP contribution is 2.41. The fraction of sp³-hybridized carbons (Fsp3) is 0.588. The number of pyridine rings is 1. The van der Waals surface area contributed by atoms with E-state index in [-0.39, 0.29) is 22.6 Å². The molecule has 4 rings (SSSR count). The van der Waals surface area contributed by atoms with Gasteiger partial charge in [0.1, 0.15) is 11.3 Å². The van der Waals surface area contributed by atoms with Crippen molar-refractivity contribution in [1.29, 1.82) is 0 Å². The summed E-state index contributed by atoms with van der Waals surface area (Å²) in [6.45, 7) is 6.36. The number of thioether (sulfide) groups is 1. The standard InChI is InChI=1S/C17H20ClFN4OS/c1-3-25-17-21-14-11-13(20-15(18)12(14)19)9(2)7-10-8-24-6-4-5-23(10)16(11)22-17/h9-10H,3-8H2,1-2H3/t9-,10+/m1/s1. The Bertz CT molecular complexity index is 821. The molecule has 1 saturated heterocycles. The lowest BCUT2D eigenvalue weighted by Gasteiger charge is -2.30. The Hall–Kier alpha value is -1.18. The highest BCUT2D eigenvalue weighted by atomic mass is 35.5. The van der Waals surface area contributed by atoms with E-state index < -0.39 is 5.82 Å². The van der Waals surface area contributed by atoms with E-state index in [4.69, 9.17) is 21.3 Å². The molecule has 0 bridgehead atoms. The van der Waals surface area contributed by atoms with Gasteiger partial charge in [-0.15, -0.1) is 0 Å². The zero-order valence-corrected chi connectivity index (χ0v) is 15.8. The van der Waals surface area contributed by atoms with Crippen molar-refractivity contribution in [3.05, 3.63) is 16.7 Å². The van der Waals surface area contributed by atoms with E-state index in [1.807, 2.05) is 6.92 Å². The number of rotatable bonds is 2. The molecule has 4 heterocycles. The number of ether oxygens (including phenoxy) is 1. The third-order valence-corrected chi connectivity index (χ3v) is 5.79. The Labute approximate surface area is 155 Å². The number of aromatic nitrogens is 3. The predicted molar refractivity (Wildman–Crippen MR) is 98.3 cm³/mol. The van der Waals surface area contributed by atoms with Crippen LogP contribution in [-0.4, -0.2) is 46.5 Å². The molecule has 0 aromatic carbocycles. The first-order valence-corrected chi connectivity index (χ1v) is 10.00. The minimum atomic E-state index is -0.557. The van der Waals surface area contributed by atoms with Crippen molar-refractivity contribution in [1.82, 2.24) is 15.0 Å². The van der Waals surface area contributed by atoms with Crippen LogP contribution in [0.1, 0.15) is 38.3 Å². The summed E-state index contributed by atoms with van der Waals surface area (Å²) in [5.41, 5.74) is 1.08. The van der Waals surface area contributed by atoms with Crippen LogP contribution in [0.2, 0.25) is 5.15 Å². The van der Waals surface area contributed by atoms with Crippen molar-refractivity contribution in [2.75, 3.05) is 30.4 Å². The summed E-state index contributed by atoms with van der Waals surface area (Å²) < 4.78 is 20.5. The molecule has 25 heavy (non-hydrogen) atoms. The van der Waals surface area contributed by atoms with Gasteiger partial charge in [0.2, 0.25) is 0 Å². The number of hydrogen-bond donors (Lipinski definition) is 0. The first-order chi connectivity index (χ1) is 12.1. The van der Waals surface area contributed by atoms with Crippen molar-refractivity contribution in [2.24, 2.45) is 0 Å². The Morgan fingerprint density at radius 3 is 3.00 bits per heavy atom. The number of fused-ring (bicyclic) bond motifs is 2. The quantitative estimate of drug-likeness (QED) is 0.444. The van der Waals surface area contributed by atoms with Crippen LogP contribution in [0, 0.1) is 5.82 Å². The first kappa shape index (κ1) is 17.2. The van der Waals surface area contributed by atoms with Crippen molar-refractivity contribution < 1.29 is 9.13 Å². The van der Waals surface area contributed by atoms with Gasteiger partial charge in [0.05, 0.1) is 23.7 Å². The predicted octanol–water partition coefficient (Wildman–Crippen LogP) is 4.03. The maximum atomic E-state index is 14.8. The summed E-state index contributed by atoms with van der Waals surface area (Å²) in [7, 11) is 0. The molecule has 134 valence electrons. The molecule has 0 amide bonds. The third kappa shape index (κ3) is 2.96. The zero-order valence-electron chi connectivity index (χ0n) is 14.3. The summed E-state index contributed by atoms with van der Waals surface area (Å²) >= 11 is 7.59. The molecular weight excluding hydrogens is 363 g/mol. The molecule has 2 aliphatic heterocycles. The van der Waals surface area contributed by atoms with Gasteiger partial charge >= 0.3 is 0 Å². The van der Waals surface area contributed by atoms with Gasteiger partial charge in [-0.3, -0.25) is 0 Å². The van der Waals surface area contributed by atoms with E-state index in [0.717, 1.165) is 43.3 Å². The highest BCUT2D eigenvalue weighted by Gasteiger charge is 2.34. The van der Waals surface area contributed by atoms with Crippen LogP contribution in [-0.2, 0) is 4.74 Å². The van der Waals surface area contributed by atoms with Gasteiger partial charge in [-0.05, 0) is 18.6 Å². The van der Waals surface area contributed by atoms with E-state index >= 15 is 0 Å². The Kier molecular flexibility index (Phi) is 4.73. The number of nitrogens with zero attached hydrogens (tertiary/aromatic N) is 4. The molecule has 1 fully saturated rings. The fourth-order valence-corrected chi connectivity index (χ4v) is 4.46. The van der Waals surface area contributed by atoms with Crippen LogP contribution in [0.4, 0.5) is 10.2 Å². The SMILES string of the molecule is CCSc1nc2c3c(nc(Cl)c(F)c3n1)[C@H](C)C[C@H]1COCCCN21. The number of anilines is 1. The smallest absolute Gasteiger partial charge is 0.190 e. The highest BCUT2D eigenvalue weighted by molar-refractivity contribution is 7.99. The van der Waals surface area contributed by atoms with E-state index in [0.29, 0.717) is 17.1 Å². The zero-order chi connectivity index (χ0) is 17.6. The Balaban J connectivity index is 2.03. The van der Waals surface area contributed by atoms with Gasteiger partial charge in [-0.1, -0.05) is 37.2 Å². The van der Waals surface area contributed by atoms with Gasteiger partial charge in [-0.2, -0.15) is 0 Å². The molecule has 2 aromatic rings. The summed E-state index contributed by atoms with van der Waals surface area (Å²) in [6, 6.07) is 0.200. The summed E-state index contributed by atoms with van der Waals surface area (Å²) in [5, 5.41) is 1.18. The van der Waals surface area contributed by atoms with Crippen LogP contribution in [0.25, 0.3) is 10.9 Å². The van der Waals surface area contributed by atoms with Crippen LogP contribution in [0.3, 0.4) is 0 Å². The summed E-state index contributed by atoms with van der Waals surface area (Å²) in [5.74, 6) is 1.17. The fourth-order valence-electron chi connectivity index (χ4n) is 3.71. The molecule has 2 aromatic heterocycles. The largest absolute Gasteiger partial charge is 0.379 e. The summed E-state index contributed by atoms with van der Waals surface area (Å²) in [4.78, 5) is 15.9. The maximum Gasteiger partial charge on any atom is 0.190 e. The monoisotopic (exact) mass is 382 g/mol. The number of halogens is 2. The second-order valence-corrected chi connectivity index (χ2v) is 8.09. The van der Waals surface area contributed by atoms with Crippen LogP contribution in [0.5, 0.6) is 0 Å². The first-order valence-electron chi connectivity index (χ1n) is 8.64. The molecule has 0 aliphatic carbocycles. The molecule has 0 saturated carbocycles. The van der Waals surface area contributed by atoms with Crippen LogP contribution in [0.15, 0.2) is 5.16 Å². The molecule has 2 atom stereocenters. The van der Waals surface area contributed by atoms with Crippen LogP contribution >= 0.6 is 23.4 Å². The summed E-state index contributed by atoms with van der Waals surface area (Å²) in [6.07, 6.45) is 1.79. The minimum Gasteiger partial charge on any atom is -0.379 e. The van der Waals surface area contributed by atoms with Crippen LogP contribution < -0.4 is 4.90 Å². The molecular formula is C17H20ClFN4OS. The van der Waals surface area contributed by atoms with Crippen molar-refractivity contribution in [2.45, 2.75) is 43.8 Å². The molecule has 5 nitrogen and oxygen atoms in total. The van der Waals surface area contributed by atoms with Crippen molar-refractivity contribution >= 4 is 40.1 Å². The Morgan fingerprint density at radius 1 is 1.36 bits per heavy atom. The lowest BCUT2D eigenvalue weighted by atomic mass is 9.97. The number of hydrogen-bond acceptors (Lipinski definition) is 6. The topological polar surface area (TPSA) is 51.1 Å². The second kappa shape index (κ2) is 6.85. The second-order valence-electron chi connectivity index (χ2n) is 6.50. The molecule has 0 unspecified atom stereocenters. The normalized spacial score (nSPS) is 23.3. The average molecular weight is 383 g/mol. The van der Waals surface area contributed by atoms with E-state index in [2.05, 4.69) is 21.8 Å². The molecule has 0 N–H and O–H groups in total. The lowest BCUT2D eigenvalue weighted by Crippen LogP contribution is -2.38. The van der Waals surface area contributed by atoms with E-state index in [1.54, 1.807) is 0 Å². The molecule has 8 heteroatoms. The van der Waals surface area contributed by atoms with Crippen molar-refractivity contribution in [3.8, 4) is 0 Å². The van der Waals surface area contributed by atoms with Gasteiger partial charge in [0.25, 0.3) is 0 Å². The molecule has 0 spiro atoms. The van der Waals surface area contributed by atoms with E-state index in [9.17, 15) is 4.39 Å². The lowest BCUT2D eigenvalue weighted by molar-refractivity contribution is 0.131. The maximum absolute atomic E-state index is 14.8. The van der Waals surface area contributed by atoms with Crippen molar-refractivity contribution in [3.63, 3.8) is 0 Å². The van der Waals surface area contributed by atoms with Gasteiger partial charge < -0.3 is 9.64 Å². The van der Waals surface area contributed by atoms with Gasteiger partial charge in [0.15, 0.2) is 16.1 Å². The van der Waals surface area contributed by atoms with Gasteiger partial charge in [0, 0.05) is 19.1 Å². The Morgan fingerprint density at radius 2 is 2.20 bits per heavy atom. The molecule has 2 aliphatic rings. The van der Waals surface area contributed by atoms with Gasteiger partial charge in [-0.25, -0.2) is 19.3 Å². The average Bonchev–Trinajstić information content (AvgIpc) is 2.87. The third-order valence-electron chi connectivity index (χ3n) is 4.81. The van der Waals surface area contributed by atoms with E-state index in [1.165, 1.54) is 11.8 Å².